The molecule has 0 bridgehead atoms. The van der Waals surface area contributed by atoms with Crippen LogP contribution in [0, 0.1) is 11.7 Å². The van der Waals surface area contributed by atoms with E-state index in [1.807, 2.05) is 0 Å². The van der Waals surface area contributed by atoms with Gasteiger partial charge < -0.3 is 10.0 Å². The molecule has 0 radical (unpaired) electrons. The lowest BCUT2D eigenvalue weighted by molar-refractivity contribution is -0.138. The minimum absolute atomic E-state index is 0.0700. The topological polar surface area (TPSA) is 57.6 Å². The van der Waals surface area contributed by atoms with Gasteiger partial charge in [-0.25, -0.2) is 4.39 Å². The van der Waals surface area contributed by atoms with E-state index in [1.165, 1.54) is 18.2 Å². The summed E-state index contributed by atoms with van der Waals surface area (Å²) in [6.07, 6.45) is 2.40. The lowest BCUT2D eigenvalue weighted by Gasteiger charge is -2.20. The molecule has 1 aromatic carbocycles. The first-order valence-electron chi connectivity index (χ1n) is 6.93. The van der Waals surface area contributed by atoms with Crippen LogP contribution in [0.4, 0.5) is 4.39 Å². The van der Waals surface area contributed by atoms with Crippen molar-refractivity contribution in [3.63, 3.8) is 0 Å². The van der Waals surface area contributed by atoms with Crippen molar-refractivity contribution in [2.24, 2.45) is 5.92 Å². The maximum Gasteiger partial charge on any atom is 0.303 e. The van der Waals surface area contributed by atoms with Gasteiger partial charge in [0.2, 0.25) is 0 Å². The van der Waals surface area contributed by atoms with Crippen molar-refractivity contribution in [2.75, 3.05) is 13.1 Å². The molecule has 0 aromatic heterocycles. The van der Waals surface area contributed by atoms with E-state index in [0.717, 1.165) is 12.8 Å². The zero-order valence-electron chi connectivity index (χ0n) is 11.5. The summed E-state index contributed by atoms with van der Waals surface area (Å²) >= 11 is 5.70. The van der Waals surface area contributed by atoms with Gasteiger partial charge in [0.05, 0.1) is 5.02 Å². The Kier molecular flexibility index (Phi) is 5.17. The molecule has 0 unspecified atom stereocenters. The van der Waals surface area contributed by atoms with E-state index < -0.39 is 11.8 Å². The number of carboxylic acids is 1. The maximum atomic E-state index is 13.1. The summed E-state index contributed by atoms with van der Waals surface area (Å²) in [5.74, 6) is -1.43. The van der Waals surface area contributed by atoms with Crippen LogP contribution in [0.25, 0.3) is 0 Å². The molecule has 1 aliphatic rings. The Hall–Kier alpha value is -1.62. The van der Waals surface area contributed by atoms with Crippen LogP contribution in [-0.2, 0) is 4.79 Å². The average molecular weight is 314 g/mol. The Morgan fingerprint density at radius 2 is 2.10 bits per heavy atom. The minimum atomic E-state index is -0.801. The first-order chi connectivity index (χ1) is 9.97. The van der Waals surface area contributed by atoms with Gasteiger partial charge in [0.25, 0.3) is 5.91 Å². The standard InChI is InChI=1S/C15H17ClFNO3/c16-12-9-11(3-4-13(12)17)15(21)18-6-1-2-10(5-7-18)8-14(19)20/h3-4,9-10H,1-2,5-8H2,(H,19,20)/t10-/m0/s1. The molecule has 1 atom stereocenters. The molecule has 6 heteroatoms. The highest BCUT2D eigenvalue weighted by Gasteiger charge is 2.23. The highest BCUT2D eigenvalue weighted by Crippen LogP contribution is 2.23. The Morgan fingerprint density at radius 3 is 2.76 bits per heavy atom. The largest absolute Gasteiger partial charge is 0.481 e. The summed E-state index contributed by atoms with van der Waals surface area (Å²) in [5, 5.41) is 8.77. The SMILES string of the molecule is O=C(O)C[C@H]1CCCN(C(=O)c2ccc(F)c(Cl)c2)CC1. The zero-order chi connectivity index (χ0) is 15.4. The molecule has 2 rings (SSSR count). The predicted octanol–water partition coefficient (Wildman–Crippen LogP) is 3.20. The number of amides is 1. The summed E-state index contributed by atoms with van der Waals surface area (Å²) < 4.78 is 13.1. The molecule has 1 N–H and O–H groups in total. The average Bonchev–Trinajstić information content (AvgIpc) is 2.66. The summed E-state index contributed by atoms with van der Waals surface area (Å²) in [6.45, 7) is 1.11. The molecule has 1 heterocycles. The number of halogens is 2. The van der Waals surface area contributed by atoms with E-state index in [9.17, 15) is 14.0 Å². The molecule has 1 saturated heterocycles. The fraction of sp³-hybridized carbons (Fsp3) is 0.467. The van der Waals surface area contributed by atoms with Crippen LogP contribution in [0.3, 0.4) is 0 Å². The minimum Gasteiger partial charge on any atom is -0.481 e. The fourth-order valence-electron chi connectivity index (χ4n) is 2.63. The number of carbonyl (C=O) groups is 2. The van der Waals surface area contributed by atoms with E-state index in [-0.39, 0.29) is 23.3 Å². The third kappa shape index (κ3) is 4.17. The van der Waals surface area contributed by atoms with Gasteiger partial charge in [-0.1, -0.05) is 11.6 Å². The molecular formula is C15H17ClFNO3. The molecule has 1 aliphatic heterocycles. The first kappa shape index (κ1) is 15.8. The van der Waals surface area contributed by atoms with Crippen LogP contribution in [0.5, 0.6) is 0 Å². The number of hydrogen-bond donors (Lipinski definition) is 1. The fourth-order valence-corrected chi connectivity index (χ4v) is 2.81. The van der Waals surface area contributed by atoms with E-state index in [4.69, 9.17) is 16.7 Å². The van der Waals surface area contributed by atoms with Crippen LogP contribution in [0.15, 0.2) is 18.2 Å². The van der Waals surface area contributed by atoms with Crippen LogP contribution in [-0.4, -0.2) is 35.0 Å². The number of benzene rings is 1. The number of aliphatic carboxylic acids is 1. The molecule has 0 saturated carbocycles. The van der Waals surface area contributed by atoms with Gasteiger partial charge in [-0.3, -0.25) is 9.59 Å². The monoisotopic (exact) mass is 313 g/mol. The molecule has 0 spiro atoms. The van der Waals surface area contributed by atoms with Crippen molar-refractivity contribution in [3.8, 4) is 0 Å². The summed E-state index contributed by atoms with van der Waals surface area (Å²) in [7, 11) is 0. The highest BCUT2D eigenvalue weighted by molar-refractivity contribution is 6.31. The van der Waals surface area contributed by atoms with Gasteiger partial charge in [-0.15, -0.1) is 0 Å². The number of hydrogen-bond acceptors (Lipinski definition) is 2. The molecular weight excluding hydrogens is 297 g/mol. The van der Waals surface area contributed by atoms with Crippen LogP contribution < -0.4 is 0 Å². The summed E-state index contributed by atoms with van der Waals surface area (Å²) in [5.41, 5.74) is 0.359. The van der Waals surface area contributed by atoms with Crippen molar-refractivity contribution < 1.29 is 19.1 Å². The number of likely N-dealkylation sites (tertiary alicyclic amines) is 1. The summed E-state index contributed by atoms with van der Waals surface area (Å²) in [6, 6.07) is 3.93. The van der Waals surface area contributed by atoms with Crippen LogP contribution in [0.1, 0.15) is 36.0 Å². The molecule has 4 nitrogen and oxygen atoms in total. The third-order valence-electron chi connectivity index (χ3n) is 3.76. The Labute approximate surface area is 127 Å². The zero-order valence-corrected chi connectivity index (χ0v) is 12.3. The van der Waals surface area contributed by atoms with Gasteiger partial charge in [0.15, 0.2) is 0 Å². The normalized spacial score (nSPS) is 19.1. The second-order valence-corrected chi connectivity index (χ2v) is 5.72. The second-order valence-electron chi connectivity index (χ2n) is 5.32. The Bertz CT molecular complexity index is 550. The number of carboxylic acid groups (broad SMARTS) is 1. The predicted molar refractivity (Wildman–Crippen MR) is 76.9 cm³/mol. The van der Waals surface area contributed by atoms with Gasteiger partial charge >= 0.3 is 5.97 Å². The second kappa shape index (κ2) is 6.89. The molecule has 114 valence electrons. The third-order valence-corrected chi connectivity index (χ3v) is 4.05. The first-order valence-corrected chi connectivity index (χ1v) is 7.31. The van der Waals surface area contributed by atoms with Crippen molar-refractivity contribution in [1.29, 1.82) is 0 Å². The van der Waals surface area contributed by atoms with Gasteiger partial charge in [-0.2, -0.15) is 0 Å². The molecule has 21 heavy (non-hydrogen) atoms. The lowest BCUT2D eigenvalue weighted by Crippen LogP contribution is -2.32. The van der Waals surface area contributed by atoms with Crippen molar-refractivity contribution >= 4 is 23.5 Å². The molecule has 1 aromatic rings. The van der Waals surface area contributed by atoms with Crippen LogP contribution >= 0.6 is 11.6 Å². The smallest absolute Gasteiger partial charge is 0.303 e. The lowest BCUT2D eigenvalue weighted by atomic mass is 9.97. The van der Waals surface area contributed by atoms with E-state index in [2.05, 4.69) is 0 Å². The number of rotatable bonds is 3. The Morgan fingerprint density at radius 1 is 1.33 bits per heavy atom. The molecule has 1 amide bonds. The number of carbonyl (C=O) groups excluding carboxylic acids is 1. The van der Waals surface area contributed by atoms with Gasteiger partial charge in [0, 0.05) is 25.1 Å². The highest BCUT2D eigenvalue weighted by atomic mass is 35.5. The van der Waals surface area contributed by atoms with E-state index in [1.54, 1.807) is 4.90 Å². The van der Waals surface area contributed by atoms with Crippen molar-refractivity contribution in [3.05, 3.63) is 34.6 Å². The Balaban J connectivity index is 2.02. The number of nitrogens with zero attached hydrogens (tertiary/aromatic N) is 1. The summed E-state index contributed by atoms with van der Waals surface area (Å²) in [4.78, 5) is 24.8. The van der Waals surface area contributed by atoms with Gasteiger partial charge in [-0.05, 0) is 43.4 Å². The van der Waals surface area contributed by atoms with Gasteiger partial charge in [0.1, 0.15) is 5.82 Å². The molecule has 0 aliphatic carbocycles. The maximum absolute atomic E-state index is 13.1. The quantitative estimate of drug-likeness (QED) is 0.932. The van der Waals surface area contributed by atoms with E-state index >= 15 is 0 Å². The molecule has 1 fully saturated rings. The van der Waals surface area contributed by atoms with Crippen molar-refractivity contribution in [1.82, 2.24) is 4.90 Å². The van der Waals surface area contributed by atoms with E-state index in [0.29, 0.717) is 25.1 Å². The van der Waals surface area contributed by atoms with Crippen molar-refractivity contribution in [2.45, 2.75) is 25.7 Å². The van der Waals surface area contributed by atoms with Crippen LogP contribution in [0.2, 0.25) is 5.02 Å².